The fraction of sp³-hybridized carbons (Fsp3) is 0.250. The zero-order valence-corrected chi connectivity index (χ0v) is 13.0. The molecule has 2 rings (SSSR count). The summed E-state index contributed by atoms with van der Waals surface area (Å²) in [5.74, 6) is 0. The topological polar surface area (TPSA) is 26.0 Å². The number of benzene rings is 2. The van der Waals surface area contributed by atoms with E-state index in [4.69, 9.17) is 17.3 Å². The van der Waals surface area contributed by atoms with Gasteiger partial charge in [-0.15, -0.1) is 11.8 Å². The Morgan fingerprint density at radius 1 is 1.05 bits per heavy atom. The fourth-order valence-corrected chi connectivity index (χ4v) is 2.78. The van der Waals surface area contributed by atoms with Crippen LogP contribution in [0.1, 0.15) is 28.3 Å². The van der Waals surface area contributed by atoms with Gasteiger partial charge in [0.2, 0.25) is 0 Å². The Balaban J connectivity index is 2.37. The minimum absolute atomic E-state index is 0.178. The maximum atomic E-state index is 6.34. The maximum absolute atomic E-state index is 6.34. The summed E-state index contributed by atoms with van der Waals surface area (Å²) in [6.45, 7) is 4.14. The van der Waals surface area contributed by atoms with Gasteiger partial charge in [0.05, 0.1) is 6.04 Å². The van der Waals surface area contributed by atoms with Gasteiger partial charge in [0.1, 0.15) is 0 Å². The number of halogens is 1. The summed E-state index contributed by atoms with van der Waals surface area (Å²) in [7, 11) is 0. The Hall–Kier alpha value is -0.960. The highest BCUT2D eigenvalue weighted by atomic mass is 35.5. The zero-order valence-electron chi connectivity index (χ0n) is 11.4. The van der Waals surface area contributed by atoms with Crippen molar-refractivity contribution in [3.63, 3.8) is 0 Å². The Morgan fingerprint density at radius 2 is 1.63 bits per heavy atom. The zero-order chi connectivity index (χ0) is 14.0. The summed E-state index contributed by atoms with van der Waals surface area (Å²) in [5.41, 5.74) is 10.8. The molecule has 1 unspecified atom stereocenters. The van der Waals surface area contributed by atoms with Crippen LogP contribution in [0.3, 0.4) is 0 Å². The third-order valence-electron chi connectivity index (χ3n) is 3.42. The molecule has 0 radical (unpaired) electrons. The highest BCUT2D eigenvalue weighted by Crippen LogP contribution is 2.29. The molecule has 0 bridgehead atoms. The predicted octanol–water partition coefficient (Wildman–Crippen LogP) is 4.73. The van der Waals surface area contributed by atoms with E-state index < -0.39 is 0 Å². The Kier molecular flexibility index (Phi) is 4.56. The van der Waals surface area contributed by atoms with Crippen LogP contribution in [0.4, 0.5) is 0 Å². The van der Waals surface area contributed by atoms with Crippen molar-refractivity contribution in [2.45, 2.75) is 24.8 Å². The van der Waals surface area contributed by atoms with Crippen LogP contribution in [0.25, 0.3) is 0 Å². The molecule has 100 valence electrons. The highest BCUT2D eigenvalue weighted by Gasteiger charge is 2.13. The molecule has 0 aromatic heterocycles. The van der Waals surface area contributed by atoms with E-state index in [-0.39, 0.29) is 6.04 Å². The van der Waals surface area contributed by atoms with Crippen LogP contribution in [0.15, 0.2) is 41.3 Å². The Bertz CT molecular complexity index is 578. The molecule has 0 aliphatic heterocycles. The van der Waals surface area contributed by atoms with Crippen molar-refractivity contribution in [2.24, 2.45) is 5.73 Å². The number of rotatable bonds is 3. The third kappa shape index (κ3) is 3.14. The van der Waals surface area contributed by atoms with Crippen LogP contribution in [0.2, 0.25) is 5.02 Å². The molecule has 1 nitrogen and oxygen atoms in total. The van der Waals surface area contributed by atoms with Crippen LogP contribution >= 0.6 is 23.4 Å². The van der Waals surface area contributed by atoms with Crippen LogP contribution in [0, 0.1) is 13.8 Å². The van der Waals surface area contributed by atoms with Crippen LogP contribution in [-0.4, -0.2) is 6.26 Å². The summed E-state index contributed by atoms with van der Waals surface area (Å²) in [6.07, 6.45) is 2.06. The van der Waals surface area contributed by atoms with Crippen LogP contribution < -0.4 is 5.73 Å². The SMILES string of the molecule is CSc1ccc(C(N)c2cc(C)c(C)cc2Cl)cc1. The molecule has 3 heteroatoms. The molecule has 0 spiro atoms. The molecule has 2 aromatic rings. The standard InChI is InChI=1S/C16H18ClNS/c1-10-8-14(15(17)9-11(10)2)16(18)12-4-6-13(19-3)7-5-12/h4-9,16H,18H2,1-3H3. The van der Waals surface area contributed by atoms with Gasteiger partial charge in [0, 0.05) is 9.92 Å². The summed E-state index contributed by atoms with van der Waals surface area (Å²) in [5, 5.41) is 0.740. The van der Waals surface area contributed by atoms with Gasteiger partial charge in [-0.2, -0.15) is 0 Å². The van der Waals surface area contributed by atoms with E-state index in [0.717, 1.165) is 16.1 Å². The molecule has 0 aliphatic rings. The summed E-state index contributed by atoms with van der Waals surface area (Å²) in [6, 6.07) is 12.2. The molecular weight excluding hydrogens is 274 g/mol. The molecule has 2 N–H and O–H groups in total. The summed E-state index contributed by atoms with van der Waals surface area (Å²) in [4.78, 5) is 1.24. The molecule has 0 saturated heterocycles. The predicted molar refractivity (Wildman–Crippen MR) is 85.2 cm³/mol. The number of aryl methyl sites for hydroxylation is 2. The smallest absolute Gasteiger partial charge is 0.0566 e. The molecule has 0 amide bonds. The molecular formula is C16H18ClNS. The lowest BCUT2D eigenvalue weighted by Gasteiger charge is -2.16. The lowest BCUT2D eigenvalue weighted by atomic mass is 9.96. The van der Waals surface area contributed by atoms with Gasteiger partial charge >= 0.3 is 0 Å². The maximum Gasteiger partial charge on any atom is 0.0566 e. The van der Waals surface area contributed by atoms with Crippen molar-refractivity contribution in [1.82, 2.24) is 0 Å². The molecule has 0 aliphatic carbocycles. The van der Waals surface area contributed by atoms with Crippen molar-refractivity contribution >= 4 is 23.4 Å². The first kappa shape index (κ1) is 14.4. The normalized spacial score (nSPS) is 12.5. The molecule has 19 heavy (non-hydrogen) atoms. The van der Waals surface area contributed by atoms with E-state index in [1.54, 1.807) is 11.8 Å². The lowest BCUT2D eigenvalue weighted by molar-refractivity contribution is 0.867. The number of hydrogen-bond donors (Lipinski definition) is 1. The summed E-state index contributed by atoms with van der Waals surface area (Å²) >= 11 is 8.05. The van der Waals surface area contributed by atoms with Crippen molar-refractivity contribution in [3.8, 4) is 0 Å². The first-order valence-electron chi connectivity index (χ1n) is 6.19. The van der Waals surface area contributed by atoms with Gasteiger partial charge in [-0.25, -0.2) is 0 Å². The highest BCUT2D eigenvalue weighted by molar-refractivity contribution is 7.98. The second kappa shape index (κ2) is 6.00. The van der Waals surface area contributed by atoms with E-state index in [1.165, 1.54) is 16.0 Å². The first-order valence-corrected chi connectivity index (χ1v) is 7.79. The Morgan fingerprint density at radius 3 is 2.21 bits per heavy atom. The van der Waals surface area contributed by atoms with Gasteiger partial charge in [-0.1, -0.05) is 29.8 Å². The largest absolute Gasteiger partial charge is 0.320 e. The second-order valence-corrected chi connectivity index (χ2v) is 6.00. The average molecular weight is 292 g/mol. The van der Waals surface area contributed by atoms with Gasteiger partial charge in [0.25, 0.3) is 0 Å². The third-order valence-corrected chi connectivity index (χ3v) is 4.49. The van der Waals surface area contributed by atoms with Gasteiger partial charge in [0.15, 0.2) is 0 Å². The number of nitrogens with two attached hydrogens (primary N) is 1. The van der Waals surface area contributed by atoms with E-state index in [2.05, 4.69) is 50.4 Å². The van der Waals surface area contributed by atoms with Gasteiger partial charge < -0.3 is 5.73 Å². The van der Waals surface area contributed by atoms with E-state index in [0.29, 0.717) is 0 Å². The quantitative estimate of drug-likeness (QED) is 0.828. The first-order chi connectivity index (χ1) is 9.02. The lowest BCUT2D eigenvalue weighted by Crippen LogP contribution is -2.12. The summed E-state index contributed by atoms with van der Waals surface area (Å²) < 4.78 is 0. The number of thioether (sulfide) groups is 1. The van der Waals surface area contributed by atoms with Crippen molar-refractivity contribution in [3.05, 3.63) is 63.7 Å². The number of hydrogen-bond acceptors (Lipinski definition) is 2. The average Bonchev–Trinajstić information content (AvgIpc) is 2.42. The minimum Gasteiger partial charge on any atom is -0.320 e. The van der Waals surface area contributed by atoms with E-state index in [9.17, 15) is 0 Å². The van der Waals surface area contributed by atoms with E-state index in [1.807, 2.05) is 6.07 Å². The molecule has 0 heterocycles. The fourth-order valence-electron chi connectivity index (χ4n) is 2.03. The van der Waals surface area contributed by atoms with Crippen molar-refractivity contribution < 1.29 is 0 Å². The molecule has 2 aromatic carbocycles. The Labute approximate surface area is 124 Å². The van der Waals surface area contributed by atoms with Gasteiger partial charge in [-0.05, 0) is 60.6 Å². The van der Waals surface area contributed by atoms with Crippen LogP contribution in [0.5, 0.6) is 0 Å². The molecule has 1 atom stereocenters. The van der Waals surface area contributed by atoms with Crippen LogP contribution in [-0.2, 0) is 0 Å². The van der Waals surface area contributed by atoms with Crippen molar-refractivity contribution in [2.75, 3.05) is 6.26 Å². The van der Waals surface area contributed by atoms with E-state index >= 15 is 0 Å². The minimum atomic E-state index is -0.178. The van der Waals surface area contributed by atoms with Gasteiger partial charge in [-0.3, -0.25) is 0 Å². The second-order valence-electron chi connectivity index (χ2n) is 4.71. The monoisotopic (exact) mass is 291 g/mol. The molecule has 0 saturated carbocycles. The van der Waals surface area contributed by atoms with Crippen molar-refractivity contribution in [1.29, 1.82) is 0 Å². The molecule has 0 fully saturated rings.